The molecule has 2 aromatic rings. The van der Waals surface area contributed by atoms with Gasteiger partial charge in [0.1, 0.15) is 0 Å². The highest BCUT2D eigenvalue weighted by Gasteiger charge is 2.12. The highest BCUT2D eigenvalue weighted by Crippen LogP contribution is 2.15. The molecule has 2 rings (SSSR count). The molecule has 0 saturated carbocycles. The van der Waals surface area contributed by atoms with Crippen LogP contribution >= 0.6 is 0 Å². The van der Waals surface area contributed by atoms with Crippen LogP contribution < -0.4 is 4.72 Å². The quantitative estimate of drug-likeness (QED) is 0.813. The van der Waals surface area contributed by atoms with Crippen LogP contribution in [0.15, 0.2) is 29.4 Å². The first-order valence-corrected chi connectivity index (χ1v) is 6.04. The molecule has 0 aliphatic rings. The third-order valence-electron chi connectivity index (χ3n) is 2.04. The van der Waals surface area contributed by atoms with Gasteiger partial charge >= 0.3 is 0 Å². The smallest absolute Gasteiger partial charge is 0.240 e. The molecule has 15 heavy (non-hydrogen) atoms. The average Bonchev–Trinajstić information content (AvgIpc) is 2.63. The summed E-state index contributed by atoms with van der Waals surface area (Å²) in [7, 11) is -3.38. The van der Waals surface area contributed by atoms with Gasteiger partial charge in [-0.25, -0.2) is 18.1 Å². The standard InChI is InChI=1S/C9H11N3O2S/c1-2-12-15(13,14)7-3-4-8-9(5-7)11-6-10-8/h3-6,12H,2H2,1H3,(H,10,11). The minimum Gasteiger partial charge on any atom is -0.345 e. The predicted molar refractivity (Wildman–Crippen MR) is 57.0 cm³/mol. The van der Waals surface area contributed by atoms with Crippen molar-refractivity contribution >= 4 is 21.1 Å². The van der Waals surface area contributed by atoms with Crippen LogP contribution in [0.4, 0.5) is 0 Å². The summed E-state index contributed by atoms with van der Waals surface area (Å²) >= 11 is 0. The van der Waals surface area contributed by atoms with Gasteiger partial charge in [0.25, 0.3) is 0 Å². The van der Waals surface area contributed by atoms with Gasteiger partial charge in [-0.15, -0.1) is 0 Å². The second-order valence-corrected chi connectivity index (χ2v) is 4.85. The van der Waals surface area contributed by atoms with E-state index in [1.165, 1.54) is 6.33 Å². The average molecular weight is 225 g/mol. The topological polar surface area (TPSA) is 74.8 Å². The van der Waals surface area contributed by atoms with Crippen molar-refractivity contribution in [3.05, 3.63) is 24.5 Å². The molecule has 0 radical (unpaired) electrons. The van der Waals surface area contributed by atoms with E-state index < -0.39 is 10.0 Å². The lowest BCUT2D eigenvalue weighted by molar-refractivity contribution is 0.584. The first-order chi connectivity index (χ1) is 7.13. The molecule has 1 aromatic heterocycles. The van der Waals surface area contributed by atoms with Crippen molar-refractivity contribution in [1.82, 2.24) is 14.7 Å². The van der Waals surface area contributed by atoms with Crippen LogP contribution in [0, 0.1) is 0 Å². The van der Waals surface area contributed by atoms with E-state index in [-0.39, 0.29) is 4.90 Å². The minimum absolute atomic E-state index is 0.251. The molecule has 1 heterocycles. The van der Waals surface area contributed by atoms with Gasteiger partial charge < -0.3 is 4.98 Å². The number of sulfonamides is 1. The lowest BCUT2D eigenvalue weighted by Gasteiger charge is -2.03. The predicted octanol–water partition coefficient (Wildman–Crippen LogP) is 0.861. The zero-order valence-corrected chi connectivity index (χ0v) is 9.00. The molecule has 80 valence electrons. The maximum Gasteiger partial charge on any atom is 0.240 e. The van der Waals surface area contributed by atoms with Crippen molar-refractivity contribution in [1.29, 1.82) is 0 Å². The number of H-pyrrole nitrogens is 1. The molecule has 6 heteroatoms. The van der Waals surface area contributed by atoms with Gasteiger partial charge in [-0.1, -0.05) is 6.92 Å². The number of rotatable bonds is 3. The lowest BCUT2D eigenvalue weighted by Crippen LogP contribution is -2.22. The van der Waals surface area contributed by atoms with E-state index in [4.69, 9.17) is 0 Å². The monoisotopic (exact) mass is 225 g/mol. The summed E-state index contributed by atoms with van der Waals surface area (Å²) in [5, 5.41) is 0. The van der Waals surface area contributed by atoms with Crippen molar-refractivity contribution in [2.75, 3.05) is 6.54 Å². The lowest BCUT2D eigenvalue weighted by atomic mass is 10.3. The molecule has 0 spiro atoms. The molecule has 0 bridgehead atoms. The summed E-state index contributed by atoms with van der Waals surface area (Å²) in [4.78, 5) is 7.14. The van der Waals surface area contributed by atoms with Gasteiger partial charge in [0.05, 0.1) is 22.3 Å². The molecule has 1 aromatic carbocycles. The molecule has 0 saturated heterocycles. The van der Waals surface area contributed by atoms with Gasteiger partial charge in [0.2, 0.25) is 10.0 Å². The summed E-state index contributed by atoms with van der Waals surface area (Å²) in [6.45, 7) is 2.12. The Morgan fingerprint density at radius 3 is 3.00 bits per heavy atom. The Balaban J connectivity index is 2.52. The SMILES string of the molecule is CCNS(=O)(=O)c1ccc2nc[nH]c2c1. The third kappa shape index (κ3) is 1.86. The van der Waals surface area contributed by atoms with Gasteiger partial charge in [-0.2, -0.15) is 0 Å². The Morgan fingerprint density at radius 2 is 2.27 bits per heavy atom. The number of nitrogens with zero attached hydrogens (tertiary/aromatic N) is 1. The summed E-state index contributed by atoms with van der Waals surface area (Å²) in [5.41, 5.74) is 1.47. The van der Waals surface area contributed by atoms with E-state index in [0.717, 1.165) is 5.52 Å². The Morgan fingerprint density at radius 1 is 1.47 bits per heavy atom. The minimum atomic E-state index is -3.38. The Labute approximate surface area is 87.6 Å². The summed E-state index contributed by atoms with van der Waals surface area (Å²) in [6.07, 6.45) is 1.54. The van der Waals surface area contributed by atoms with Crippen molar-refractivity contribution in [2.45, 2.75) is 11.8 Å². The van der Waals surface area contributed by atoms with E-state index in [2.05, 4.69) is 14.7 Å². The molecule has 0 aliphatic carbocycles. The van der Waals surface area contributed by atoms with Crippen LogP contribution in [-0.2, 0) is 10.0 Å². The van der Waals surface area contributed by atoms with Crippen LogP contribution in [-0.4, -0.2) is 24.9 Å². The zero-order chi connectivity index (χ0) is 10.9. The molecule has 0 atom stereocenters. The summed E-state index contributed by atoms with van der Waals surface area (Å²) in [6, 6.07) is 4.79. The molecule has 0 aliphatic heterocycles. The number of aromatic nitrogens is 2. The number of benzene rings is 1. The van der Waals surface area contributed by atoms with E-state index in [9.17, 15) is 8.42 Å². The van der Waals surface area contributed by atoms with E-state index in [0.29, 0.717) is 12.1 Å². The summed E-state index contributed by atoms with van der Waals surface area (Å²) in [5.74, 6) is 0. The molecule has 0 amide bonds. The molecule has 0 fully saturated rings. The van der Waals surface area contributed by atoms with Crippen molar-refractivity contribution in [3.63, 3.8) is 0 Å². The fraction of sp³-hybridized carbons (Fsp3) is 0.222. The van der Waals surface area contributed by atoms with Crippen molar-refractivity contribution in [3.8, 4) is 0 Å². The third-order valence-corrected chi connectivity index (χ3v) is 3.58. The number of imidazole rings is 1. The molecular formula is C9H11N3O2S. The first-order valence-electron chi connectivity index (χ1n) is 4.56. The Kier molecular flexibility index (Phi) is 2.45. The largest absolute Gasteiger partial charge is 0.345 e. The van der Waals surface area contributed by atoms with Crippen LogP contribution in [0.25, 0.3) is 11.0 Å². The summed E-state index contributed by atoms with van der Waals surface area (Å²) < 4.78 is 25.7. The van der Waals surface area contributed by atoms with Crippen molar-refractivity contribution < 1.29 is 8.42 Å². The van der Waals surface area contributed by atoms with Gasteiger partial charge in [-0.3, -0.25) is 0 Å². The highest BCUT2D eigenvalue weighted by molar-refractivity contribution is 7.89. The number of fused-ring (bicyclic) bond motifs is 1. The van der Waals surface area contributed by atoms with Gasteiger partial charge in [0.15, 0.2) is 0 Å². The number of aromatic amines is 1. The van der Waals surface area contributed by atoms with E-state index >= 15 is 0 Å². The molecule has 5 nitrogen and oxygen atoms in total. The van der Waals surface area contributed by atoms with Crippen LogP contribution in [0.3, 0.4) is 0 Å². The first kappa shape index (κ1) is 10.1. The van der Waals surface area contributed by atoms with Crippen LogP contribution in [0.1, 0.15) is 6.92 Å². The number of nitrogens with one attached hydrogen (secondary N) is 2. The second kappa shape index (κ2) is 3.63. The van der Waals surface area contributed by atoms with E-state index in [1.54, 1.807) is 25.1 Å². The normalized spacial score (nSPS) is 12.1. The molecule has 2 N–H and O–H groups in total. The maximum absolute atomic E-state index is 11.7. The van der Waals surface area contributed by atoms with E-state index in [1.807, 2.05) is 0 Å². The molecule has 0 unspecified atom stereocenters. The zero-order valence-electron chi connectivity index (χ0n) is 8.19. The molecular weight excluding hydrogens is 214 g/mol. The van der Waals surface area contributed by atoms with Gasteiger partial charge in [-0.05, 0) is 18.2 Å². The Bertz CT molecular complexity index is 574. The Hall–Kier alpha value is -1.40. The highest BCUT2D eigenvalue weighted by atomic mass is 32.2. The van der Waals surface area contributed by atoms with Crippen molar-refractivity contribution in [2.24, 2.45) is 0 Å². The maximum atomic E-state index is 11.7. The number of hydrogen-bond donors (Lipinski definition) is 2. The fourth-order valence-electron chi connectivity index (χ4n) is 1.36. The fourth-order valence-corrected chi connectivity index (χ4v) is 2.42. The van der Waals surface area contributed by atoms with Gasteiger partial charge in [0, 0.05) is 6.54 Å². The van der Waals surface area contributed by atoms with Crippen LogP contribution in [0.2, 0.25) is 0 Å². The van der Waals surface area contributed by atoms with Crippen LogP contribution in [0.5, 0.6) is 0 Å². The number of hydrogen-bond acceptors (Lipinski definition) is 3. The second-order valence-electron chi connectivity index (χ2n) is 3.08.